The third-order valence-corrected chi connectivity index (χ3v) is 5.89. The predicted molar refractivity (Wildman–Crippen MR) is 132 cm³/mol. The number of nitrogens with one attached hydrogen (secondary N) is 3. The van der Waals surface area contributed by atoms with Crippen molar-refractivity contribution in [2.75, 3.05) is 29.5 Å². The molecule has 0 radical (unpaired) electrons. The van der Waals surface area contributed by atoms with E-state index in [-0.39, 0.29) is 23.4 Å². The van der Waals surface area contributed by atoms with Gasteiger partial charge in [-0.25, -0.2) is 19.7 Å². The van der Waals surface area contributed by atoms with Crippen molar-refractivity contribution >= 4 is 34.4 Å². The van der Waals surface area contributed by atoms with E-state index in [1.807, 2.05) is 0 Å². The van der Waals surface area contributed by atoms with Gasteiger partial charge in [-0.15, -0.1) is 0 Å². The molecule has 1 aliphatic heterocycles. The van der Waals surface area contributed by atoms with Gasteiger partial charge in [-0.3, -0.25) is 4.57 Å². The van der Waals surface area contributed by atoms with Gasteiger partial charge in [0.15, 0.2) is 17.0 Å². The molecular weight excluding hydrogens is 489 g/mol. The molecule has 2 aromatic carbocycles. The summed E-state index contributed by atoms with van der Waals surface area (Å²) in [5, 5.41) is 8.20. The molecule has 0 unspecified atom stereocenters. The fraction of sp³-hybridized carbons (Fsp3) is 0.250. The second kappa shape index (κ2) is 9.93. The zero-order chi connectivity index (χ0) is 26.0. The Balaban J connectivity index is 1.27. The number of carbonyl (C=O) groups is 1. The topological polar surface area (TPSA) is 132 Å². The van der Waals surface area contributed by atoms with Crippen LogP contribution in [0.5, 0.6) is 5.75 Å². The van der Waals surface area contributed by atoms with Crippen LogP contribution in [0, 0.1) is 0 Å². The van der Waals surface area contributed by atoms with Crippen LogP contribution in [0.4, 0.5) is 35.2 Å². The number of ether oxygens (including phenoxy) is 1. The Hall–Kier alpha value is -4.39. The molecule has 5 rings (SSSR count). The molecule has 3 heterocycles. The van der Waals surface area contributed by atoms with Gasteiger partial charge in [-0.1, -0.05) is 0 Å². The molecule has 1 saturated heterocycles. The minimum Gasteiger partial charge on any atom is -0.490 e. The van der Waals surface area contributed by atoms with Crippen molar-refractivity contribution in [1.82, 2.24) is 24.8 Å². The second-order valence-corrected chi connectivity index (χ2v) is 8.45. The van der Waals surface area contributed by atoms with Gasteiger partial charge in [0, 0.05) is 17.1 Å². The molecular formula is C24H23F3N8O2. The van der Waals surface area contributed by atoms with Crippen molar-refractivity contribution in [3.63, 3.8) is 0 Å². The number of halogens is 3. The highest BCUT2D eigenvalue weighted by atomic mass is 19.4. The Bertz CT molecular complexity index is 1420. The first-order chi connectivity index (χ1) is 17.8. The summed E-state index contributed by atoms with van der Waals surface area (Å²) >= 11 is 0. The molecule has 13 heteroatoms. The summed E-state index contributed by atoms with van der Waals surface area (Å²) < 4.78 is 48.4. The molecule has 4 aromatic rings. The third kappa shape index (κ3) is 5.40. The molecule has 1 aliphatic rings. The van der Waals surface area contributed by atoms with Gasteiger partial charge in [-0.05, 0) is 68.4 Å². The number of nitrogens with zero attached hydrogens (tertiary/aromatic N) is 4. The molecule has 10 nitrogen and oxygen atoms in total. The maximum Gasteiger partial charge on any atom is 0.420 e. The summed E-state index contributed by atoms with van der Waals surface area (Å²) in [7, 11) is 0. The van der Waals surface area contributed by atoms with Crippen molar-refractivity contribution in [3.8, 4) is 11.4 Å². The molecule has 37 heavy (non-hydrogen) atoms. The van der Waals surface area contributed by atoms with Gasteiger partial charge in [0.25, 0.3) is 0 Å². The minimum absolute atomic E-state index is 0.0127. The first kappa shape index (κ1) is 24.3. The predicted octanol–water partition coefficient (Wildman–Crippen LogP) is 4.19. The van der Waals surface area contributed by atoms with E-state index in [9.17, 15) is 18.0 Å². The van der Waals surface area contributed by atoms with Gasteiger partial charge in [0.05, 0.1) is 5.56 Å². The van der Waals surface area contributed by atoms with Gasteiger partial charge in [0.2, 0.25) is 0 Å². The number of hydrogen-bond acceptors (Lipinski definition) is 7. The average molecular weight is 512 g/mol. The van der Waals surface area contributed by atoms with Crippen LogP contribution in [0.15, 0.2) is 55.1 Å². The molecule has 192 valence electrons. The first-order valence-corrected chi connectivity index (χ1v) is 11.5. The smallest absolute Gasteiger partial charge is 0.420 e. The maximum absolute atomic E-state index is 13.7. The van der Waals surface area contributed by atoms with Gasteiger partial charge >= 0.3 is 12.2 Å². The fourth-order valence-electron chi connectivity index (χ4n) is 4.07. The number of rotatable bonds is 5. The number of anilines is 3. The fourth-order valence-corrected chi connectivity index (χ4v) is 4.07. The molecule has 5 N–H and O–H groups in total. The summed E-state index contributed by atoms with van der Waals surface area (Å²) in [6.45, 7) is 1.38. The molecule has 2 aromatic heterocycles. The number of nitrogens with two attached hydrogens (primary N) is 1. The second-order valence-electron chi connectivity index (χ2n) is 8.45. The number of urea groups is 1. The van der Waals surface area contributed by atoms with Crippen molar-refractivity contribution in [3.05, 3.63) is 60.7 Å². The Kier molecular flexibility index (Phi) is 6.53. The van der Waals surface area contributed by atoms with Crippen LogP contribution in [-0.2, 0) is 6.18 Å². The zero-order valence-corrected chi connectivity index (χ0v) is 19.4. The van der Waals surface area contributed by atoms with E-state index < -0.39 is 17.8 Å². The molecule has 0 aliphatic carbocycles. The van der Waals surface area contributed by atoms with E-state index >= 15 is 0 Å². The number of nitrogen functional groups attached to an aromatic ring is 1. The quantitative estimate of drug-likeness (QED) is 0.315. The summed E-state index contributed by atoms with van der Waals surface area (Å²) in [5.74, 6) is 0.0123. The highest BCUT2D eigenvalue weighted by molar-refractivity contribution is 6.00. The van der Waals surface area contributed by atoms with Crippen molar-refractivity contribution in [2.24, 2.45) is 0 Å². The maximum atomic E-state index is 13.7. The molecule has 0 bridgehead atoms. The van der Waals surface area contributed by atoms with Crippen LogP contribution >= 0.6 is 0 Å². The summed E-state index contributed by atoms with van der Waals surface area (Å²) in [6.07, 6.45) is -0.792. The Morgan fingerprint density at radius 3 is 2.46 bits per heavy atom. The van der Waals surface area contributed by atoms with Gasteiger partial charge in [0.1, 0.15) is 24.5 Å². The summed E-state index contributed by atoms with van der Waals surface area (Å²) in [6, 6.07) is 9.53. The van der Waals surface area contributed by atoms with E-state index in [1.165, 1.54) is 18.5 Å². The number of fused-ring (bicyclic) bond motifs is 1. The van der Waals surface area contributed by atoms with E-state index in [0.717, 1.165) is 6.07 Å². The Morgan fingerprint density at radius 1 is 1.03 bits per heavy atom. The van der Waals surface area contributed by atoms with Crippen LogP contribution in [-0.4, -0.2) is 44.7 Å². The number of alkyl halides is 3. The lowest BCUT2D eigenvalue weighted by Crippen LogP contribution is -2.34. The van der Waals surface area contributed by atoms with Crippen molar-refractivity contribution in [2.45, 2.75) is 25.1 Å². The van der Waals surface area contributed by atoms with E-state index in [2.05, 4.69) is 30.9 Å². The van der Waals surface area contributed by atoms with E-state index in [1.54, 1.807) is 35.2 Å². The molecule has 2 amide bonds. The summed E-state index contributed by atoms with van der Waals surface area (Å²) in [4.78, 5) is 24.8. The number of carbonyl (C=O) groups excluding carboxylic acids is 1. The Morgan fingerprint density at radius 2 is 1.73 bits per heavy atom. The third-order valence-electron chi connectivity index (χ3n) is 5.89. The molecule has 0 spiro atoms. The largest absolute Gasteiger partial charge is 0.490 e. The van der Waals surface area contributed by atoms with Gasteiger partial charge in [-0.2, -0.15) is 13.2 Å². The number of aromatic nitrogens is 4. The van der Waals surface area contributed by atoms with E-state index in [0.29, 0.717) is 48.5 Å². The molecule has 0 saturated carbocycles. The SMILES string of the molecule is Nc1ncnc2c1ncn2-c1ccc(NC(=O)Nc2ccc(OC3CCNCC3)c(C(F)(F)F)c2)cc1. The lowest BCUT2D eigenvalue weighted by molar-refractivity contribution is -0.139. The number of piperidine rings is 1. The zero-order valence-electron chi connectivity index (χ0n) is 19.4. The number of imidazole rings is 1. The number of benzene rings is 2. The normalized spacial score (nSPS) is 14.5. The minimum atomic E-state index is -4.64. The van der Waals surface area contributed by atoms with Crippen LogP contribution in [0.1, 0.15) is 18.4 Å². The number of hydrogen-bond donors (Lipinski definition) is 4. The standard InChI is InChI=1S/C24H23F3N8O2/c25-24(26,27)18-11-15(3-6-19(18)37-17-7-9-29-10-8-17)34-23(36)33-14-1-4-16(5-2-14)35-13-32-20-21(28)30-12-31-22(20)35/h1-6,11-13,17,29H,7-10H2,(H2,28,30,31)(H2,33,34,36). The van der Waals surface area contributed by atoms with Crippen molar-refractivity contribution < 1.29 is 22.7 Å². The van der Waals surface area contributed by atoms with Gasteiger partial charge < -0.3 is 26.4 Å². The van der Waals surface area contributed by atoms with Crippen LogP contribution in [0.2, 0.25) is 0 Å². The monoisotopic (exact) mass is 512 g/mol. The lowest BCUT2D eigenvalue weighted by atomic mass is 10.1. The van der Waals surface area contributed by atoms with E-state index in [4.69, 9.17) is 10.5 Å². The molecule has 1 fully saturated rings. The highest BCUT2D eigenvalue weighted by Gasteiger charge is 2.35. The van der Waals surface area contributed by atoms with Crippen LogP contribution in [0.3, 0.4) is 0 Å². The van der Waals surface area contributed by atoms with Crippen LogP contribution < -0.4 is 26.4 Å². The number of amides is 2. The molecule has 0 atom stereocenters. The Labute approximate surface area is 209 Å². The highest BCUT2D eigenvalue weighted by Crippen LogP contribution is 2.38. The van der Waals surface area contributed by atoms with Crippen molar-refractivity contribution in [1.29, 1.82) is 0 Å². The lowest BCUT2D eigenvalue weighted by Gasteiger charge is -2.25. The average Bonchev–Trinajstić information content (AvgIpc) is 3.31. The first-order valence-electron chi connectivity index (χ1n) is 11.5. The summed E-state index contributed by atoms with van der Waals surface area (Å²) in [5.41, 5.74) is 7.01. The van der Waals surface area contributed by atoms with Crippen LogP contribution in [0.25, 0.3) is 16.9 Å².